The average Bonchev–Trinajstić information content (AvgIpc) is 3.50. The lowest BCUT2D eigenvalue weighted by Gasteiger charge is -2.18. The van der Waals surface area contributed by atoms with Crippen molar-refractivity contribution in [3.63, 3.8) is 0 Å². The number of halogens is 6. The molecule has 13 heteroatoms. The zero-order valence-electron chi connectivity index (χ0n) is 17.8. The molecule has 35 heavy (non-hydrogen) atoms. The number of nitrogen functional groups attached to an aromatic ring is 1. The van der Waals surface area contributed by atoms with Crippen LogP contribution in [-0.4, -0.2) is 37.5 Å². The van der Waals surface area contributed by atoms with Crippen molar-refractivity contribution in [3.05, 3.63) is 71.9 Å². The van der Waals surface area contributed by atoms with Crippen LogP contribution in [-0.2, 0) is 4.74 Å². The number of hydrogen-bond acceptors (Lipinski definition) is 5. The van der Waals surface area contributed by atoms with Gasteiger partial charge in [-0.05, 0) is 24.6 Å². The second-order valence-corrected chi connectivity index (χ2v) is 7.81. The first-order valence-electron chi connectivity index (χ1n) is 10.2. The molecule has 0 aliphatic rings. The minimum atomic E-state index is -2.96. The zero-order chi connectivity index (χ0) is 25.1. The number of rotatable bonds is 9. The number of imidazole rings is 1. The smallest absolute Gasteiger partial charge is 0.345 e. The molecule has 0 aliphatic heterocycles. The number of nitrogens with two attached hydrogens (primary N) is 1. The van der Waals surface area contributed by atoms with Crippen molar-refractivity contribution in [2.75, 3.05) is 12.3 Å². The van der Waals surface area contributed by atoms with E-state index in [0.717, 1.165) is 6.33 Å². The molecule has 0 fully saturated rings. The van der Waals surface area contributed by atoms with Crippen LogP contribution in [0.1, 0.15) is 24.7 Å². The minimum absolute atomic E-state index is 0.0413. The van der Waals surface area contributed by atoms with E-state index in [-0.39, 0.29) is 35.0 Å². The quantitative estimate of drug-likeness (QED) is 0.226. The Balaban J connectivity index is 1.67. The van der Waals surface area contributed by atoms with E-state index in [1.165, 1.54) is 41.6 Å². The molecule has 3 aromatic heterocycles. The van der Waals surface area contributed by atoms with Gasteiger partial charge in [-0.2, -0.15) is 22.7 Å². The van der Waals surface area contributed by atoms with Crippen LogP contribution in [0.25, 0.3) is 22.4 Å². The lowest BCUT2D eigenvalue weighted by atomic mass is 10.0. The van der Waals surface area contributed by atoms with Gasteiger partial charge in [-0.15, -0.1) is 0 Å². The molecule has 4 aromatic rings. The van der Waals surface area contributed by atoms with E-state index in [4.69, 9.17) is 17.3 Å². The Hall–Kier alpha value is -3.51. The summed E-state index contributed by atoms with van der Waals surface area (Å²) in [5, 5.41) is 4.11. The fourth-order valence-corrected chi connectivity index (χ4v) is 3.78. The summed E-state index contributed by atoms with van der Waals surface area (Å²) in [6.07, 6.45) is 6.50. The van der Waals surface area contributed by atoms with Crippen LogP contribution in [0.4, 0.5) is 27.6 Å². The van der Waals surface area contributed by atoms with Crippen LogP contribution < -0.4 is 5.73 Å². The normalized spacial score (nSPS) is 12.6. The van der Waals surface area contributed by atoms with Gasteiger partial charge in [0, 0.05) is 34.8 Å². The molecule has 2 N–H and O–H groups in total. The van der Waals surface area contributed by atoms with Gasteiger partial charge in [0.05, 0.1) is 47.8 Å². The van der Waals surface area contributed by atoms with Gasteiger partial charge in [-0.1, -0.05) is 17.7 Å². The van der Waals surface area contributed by atoms with Gasteiger partial charge in [0.2, 0.25) is 0 Å². The highest BCUT2D eigenvalue weighted by Gasteiger charge is 2.21. The third-order valence-electron chi connectivity index (χ3n) is 5.27. The Morgan fingerprint density at radius 1 is 1.03 bits per heavy atom. The summed E-state index contributed by atoms with van der Waals surface area (Å²) in [5.74, 6) is -0.699. The maximum absolute atomic E-state index is 14.5. The van der Waals surface area contributed by atoms with E-state index in [1.807, 2.05) is 0 Å². The number of anilines is 1. The van der Waals surface area contributed by atoms with Crippen LogP contribution in [0.15, 0.2) is 55.4 Å². The van der Waals surface area contributed by atoms with Crippen molar-refractivity contribution in [2.24, 2.45) is 0 Å². The van der Waals surface area contributed by atoms with E-state index in [9.17, 15) is 22.0 Å². The van der Waals surface area contributed by atoms with Crippen LogP contribution in [0.2, 0.25) is 5.02 Å². The highest BCUT2D eigenvalue weighted by atomic mass is 35.5. The third kappa shape index (κ3) is 5.28. The molecule has 0 amide bonds. The summed E-state index contributed by atoms with van der Waals surface area (Å²) in [6.45, 7) is -6.10. The standard InChI is InChI=1S/C22H18ClF5N6O/c23-14-2-3-15(29)19(20(14)24)12-1-4-16(31-7-12)17(5-6-35-22(27)28)34-10-13(8-32-34)18-9-30-11-33(18)21(25)26/h1-4,7-11,17,21-22H,5-6,29H2. The Morgan fingerprint density at radius 2 is 1.83 bits per heavy atom. The summed E-state index contributed by atoms with van der Waals surface area (Å²) < 4.78 is 72.6. The summed E-state index contributed by atoms with van der Waals surface area (Å²) >= 11 is 5.86. The molecular formula is C22H18ClF5N6O. The Bertz CT molecular complexity index is 1290. The van der Waals surface area contributed by atoms with Gasteiger partial charge in [-0.25, -0.2) is 9.37 Å². The molecule has 0 saturated heterocycles. The molecule has 1 unspecified atom stereocenters. The molecular weight excluding hydrogens is 495 g/mol. The van der Waals surface area contributed by atoms with Crippen molar-refractivity contribution in [3.8, 4) is 22.4 Å². The summed E-state index contributed by atoms with van der Waals surface area (Å²) in [4.78, 5) is 8.09. The molecule has 0 bridgehead atoms. The summed E-state index contributed by atoms with van der Waals surface area (Å²) in [7, 11) is 0. The van der Waals surface area contributed by atoms with Crippen molar-refractivity contribution >= 4 is 17.3 Å². The van der Waals surface area contributed by atoms with Gasteiger partial charge >= 0.3 is 13.2 Å². The molecule has 0 radical (unpaired) electrons. The van der Waals surface area contributed by atoms with E-state index >= 15 is 0 Å². The van der Waals surface area contributed by atoms with Crippen LogP contribution in [0.5, 0.6) is 0 Å². The molecule has 0 spiro atoms. The zero-order valence-corrected chi connectivity index (χ0v) is 18.6. The second-order valence-electron chi connectivity index (χ2n) is 7.41. The molecule has 1 aromatic carbocycles. The Morgan fingerprint density at radius 3 is 2.51 bits per heavy atom. The van der Waals surface area contributed by atoms with E-state index < -0.39 is 25.0 Å². The lowest BCUT2D eigenvalue weighted by Crippen LogP contribution is -2.16. The topological polar surface area (TPSA) is 83.8 Å². The number of aromatic nitrogens is 5. The predicted molar refractivity (Wildman–Crippen MR) is 118 cm³/mol. The highest BCUT2D eigenvalue weighted by molar-refractivity contribution is 6.31. The van der Waals surface area contributed by atoms with Gasteiger partial charge in [0.1, 0.15) is 0 Å². The molecule has 7 nitrogen and oxygen atoms in total. The fraction of sp³-hybridized carbons (Fsp3) is 0.227. The van der Waals surface area contributed by atoms with Crippen molar-refractivity contribution in [1.29, 1.82) is 0 Å². The number of pyridine rings is 1. The predicted octanol–water partition coefficient (Wildman–Crippen LogP) is 5.80. The molecule has 4 rings (SSSR count). The lowest BCUT2D eigenvalue weighted by molar-refractivity contribution is -0.130. The number of ether oxygens (including phenoxy) is 1. The molecule has 1 atom stereocenters. The van der Waals surface area contributed by atoms with E-state index in [2.05, 4.69) is 19.8 Å². The largest absolute Gasteiger partial charge is 0.398 e. The summed E-state index contributed by atoms with van der Waals surface area (Å²) in [5.41, 5.74) is 7.36. The molecule has 0 saturated carbocycles. The van der Waals surface area contributed by atoms with Gasteiger partial charge < -0.3 is 10.5 Å². The third-order valence-corrected chi connectivity index (χ3v) is 5.56. The SMILES string of the molecule is Nc1ccc(Cl)c(F)c1-c1ccc(C(CCOC(F)F)n2cc(-c3cncn3C(F)F)cn2)nc1. The van der Waals surface area contributed by atoms with E-state index in [0.29, 0.717) is 21.4 Å². The number of hydrogen-bond donors (Lipinski definition) is 1. The number of nitrogens with zero attached hydrogens (tertiary/aromatic N) is 5. The average molecular weight is 513 g/mol. The van der Waals surface area contributed by atoms with Gasteiger partial charge in [0.25, 0.3) is 0 Å². The van der Waals surface area contributed by atoms with Crippen LogP contribution in [0, 0.1) is 5.82 Å². The van der Waals surface area contributed by atoms with E-state index in [1.54, 1.807) is 12.1 Å². The molecule has 3 heterocycles. The first kappa shape index (κ1) is 24.6. The Labute approximate surface area is 200 Å². The van der Waals surface area contributed by atoms with Crippen LogP contribution in [0.3, 0.4) is 0 Å². The molecule has 184 valence electrons. The van der Waals surface area contributed by atoms with Gasteiger partial charge in [-0.3, -0.25) is 14.2 Å². The number of benzene rings is 1. The second kappa shape index (κ2) is 10.4. The first-order valence-corrected chi connectivity index (χ1v) is 10.6. The minimum Gasteiger partial charge on any atom is -0.398 e. The summed E-state index contributed by atoms with van der Waals surface area (Å²) in [6, 6.07) is 5.24. The van der Waals surface area contributed by atoms with Crippen molar-refractivity contribution in [2.45, 2.75) is 25.6 Å². The Kier molecular flexibility index (Phi) is 7.31. The maximum atomic E-state index is 14.5. The number of alkyl halides is 4. The fourth-order valence-electron chi connectivity index (χ4n) is 3.62. The monoisotopic (exact) mass is 512 g/mol. The maximum Gasteiger partial charge on any atom is 0.345 e. The highest BCUT2D eigenvalue weighted by Crippen LogP contribution is 2.34. The van der Waals surface area contributed by atoms with Crippen molar-refractivity contribution in [1.82, 2.24) is 24.3 Å². The van der Waals surface area contributed by atoms with Gasteiger partial charge in [0.15, 0.2) is 5.82 Å². The van der Waals surface area contributed by atoms with Crippen molar-refractivity contribution < 1.29 is 26.7 Å². The molecule has 0 aliphatic carbocycles. The first-order chi connectivity index (χ1) is 16.8. The van der Waals surface area contributed by atoms with Crippen LogP contribution >= 0.6 is 11.6 Å².